The lowest BCUT2D eigenvalue weighted by atomic mass is 9.68. The fourth-order valence-corrected chi connectivity index (χ4v) is 6.86. The second-order valence-electron chi connectivity index (χ2n) is 12.5. The summed E-state index contributed by atoms with van der Waals surface area (Å²) in [5.74, 6) is -2.07. The van der Waals surface area contributed by atoms with Crippen LogP contribution in [0, 0.1) is 17.8 Å². The highest BCUT2D eigenvalue weighted by Gasteiger charge is 2.55. The largest absolute Gasteiger partial charge is 0.508 e. The van der Waals surface area contributed by atoms with Crippen molar-refractivity contribution in [1.29, 1.82) is 0 Å². The SMILES string of the molecule is C/C(=C\c1ccc(O)cc1)CC[C@@H](O)C1=C(COc2ccccc2)C[C@H]2C(=O)N(c3ccc(Nc4ccccc4)cc3)C(=O)[C@H]2[C@H]1CO. The molecule has 4 atom stereocenters. The second kappa shape index (κ2) is 14.7. The van der Waals surface area contributed by atoms with Crippen LogP contribution in [0.5, 0.6) is 11.5 Å². The number of aliphatic hydroxyl groups excluding tert-OH is 2. The maximum absolute atomic E-state index is 14.1. The van der Waals surface area contributed by atoms with E-state index in [9.17, 15) is 24.9 Å². The molecule has 0 unspecified atom stereocenters. The van der Waals surface area contributed by atoms with Crippen LogP contribution in [0.3, 0.4) is 0 Å². The lowest BCUT2D eigenvalue weighted by Gasteiger charge is -2.36. The minimum absolute atomic E-state index is 0.125. The topological polar surface area (TPSA) is 119 Å². The third kappa shape index (κ3) is 7.20. The number of anilines is 3. The highest BCUT2D eigenvalue weighted by atomic mass is 16.5. The Morgan fingerprint density at radius 1 is 0.896 bits per heavy atom. The number of imide groups is 1. The number of nitrogens with one attached hydrogen (secondary N) is 1. The average Bonchev–Trinajstić information content (AvgIpc) is 3.36. The van der Waals surface area contributed by atoms with E-state index in [1.807, 2.05) is 97.9 Å². The predicted molar refractivity (Wildman–Crippen MR) is 187 cm³/mol. The zero-order chi connectivity index (χ0) is 33.6. The molecule has 4 N–H and O–H groups in total. The average molecular weight is 645 g/mol. The molecule has 0 bridgehead atoms. The van der Waals surface area contributed by atoms with E-state index in [0.29, 0.717) is 29.9 Å². The maximum Gasteiger partial charge on any atom is 0.238 e. The summed E-state index contributed by atoms with van der Waals surface area (Å²) in [6.07, 6.45) is 2.21. The van der Waals surface area contributed by atoms with Gasteiger partial charge >= 0.3 is 0 Å². The van der Waals surface area contributed by atoms with Crippen LogP contribution in [0.2, 0.25) is 0 Å². The Bertz CT molecular complexity index is 1790. The van der Waals surface area contributed by atoms with Gasteiger partial charge in [0, 0.05) is 17.3 Å². The van der Waals surface area contributed by atoms with Crippen molar-refractivity contribution in [3.05, 3.63) is 131 Å². The summed E-state index contributed by atoms with van der Waals surface area (Å²) in [7, 11) is 0. The van der Waals surface area contributed by atoms with E-state index < -0.39 is 30.5 Å². The smallest absolute Gasteiger partial charge is 0.238 e. The zero-order valence-electron chi connectivity index (χ0n) is 26.8. The van der Waals surface area contributed by atoms with Gasteiger partial charge in [-0.15, -0.1) is 0 Å². The molecule has 4 aromatic carbocycles. The van der Waals surface area contributed by atoms with E-state index in [2.05, 4.69) is 5.32 Å². The van der Waals surface area contributed by atoms with E-state index in [4.69, 9.17) is 4.74 Å². The van der Waals surface area contributed by atoms with E-state index >= 15 is 0 Å². The summed E-state index contributed by atoms with van der Waals surface area (Å²) in [5.41, 5.74) is 5.48. The summed E-state index contributed by atoms with van der Waals surface area (Å²) in [6, 6.07) is 33.1. The van der Waals surface area contributed by atoms with Gasteiger partial charge < -0.3 is 25.4 Å². The van der Waals surface area contributed by atoms with Gasteiger partial charge in [-0.05, 0) is 104 Å². The molecule has 1 aliphatic heterocycles. The van der Waals surface area contributed by atoms with Crippen LogP contribution in [-0.4, -0.2) is 46.5 Å². The number of aliphatic hydroxyl groups is 2. The number of amides is 2. The van der Waals surface area contributed by atoms with Crippen LogP contribution in [0.25, 0.3) is 6.08 Å². The number of benzene rings is 4. The van der Waals surface area contributed by atoms with E-state index in [1.54, 1.807) is 24.3 Å². The molecule has 0 spiro atoms. The zero-order valence-corrected chi connectivity index (χ0v) is 26.8. The lowest BCUT2D eigenvalue weighted by molar-refractivity contribution is -0.123. The number of rotatable bonds is 12. The number of aromatic hydroxyl groups is 1. The Balaban J connectivity index is 1.25. The summed E-state index contributed by atoms with van der Waals surface area (Å²) in [6.45, 7) is 1.71. The fourth-order valence-electron chi connectivity index (χ4n) is 6.86. The minimum atomic E-state index is -0.957. The van der Waals surface area contributed by atoms with E-state index in [0.717, 1.165) is 28.1 Å². The number of allylic oxidation sites excluding steroid dienone is 1. The Hall–Kier alpha value is -5.18. The Morgan fingerprint density at radius 3 is 2.21 bits per heavy atom. The molecule has 246 valence electrons. The summed E-state index contributed by atoms with van der Waals surface area (Å²) in [4.78, 5) is 29.2. The third-order valence-corrected chi connectivity index (χ3v) is 9.20. The van der Waals surface area contributed by atoms with Crippen molar-refractivity contribution < 1.29 is 29.6 Å². The molecule has 8 heteroatoms. The van der Waals surface area contributed by atoms with Crippen LogP contribution in [-0.2, 0) is 9.59 Å². The van der Waals surface area contributed by atoms with Gasteiger partial charge in [0.1, 0.15) is 18.1 Å². The van der Waals surface area contributed by atoms with Crippen LogP contribution >= 0.6 is 0 Å². The Kier molecular flexibility index (Phi) is 10.0. The van der Waals surface area contributed by atoms with Gasteiger partial charge in [-0.1, -0.05) is 60.2 Å². The van der Waals surface area contributed by atoms with Crippen LogP contribution in [0.15, 0.2) is 126 Å². The second-order valence-corrected chi connectivity index (χ2v) is 12.5. The number of nitrogens with zero attached hydrogens (tertiary/aromatic N) is 1. The van der Waals surface area contributed by atoms with Crippen molar-refractivity contribution >= 4 is 35.0 Å². The maximum atomic E-state index is 14.1. The number of ether oxygens (including phenoxy) is 1. The first-order valence-electron chi connectivity index (χ1n) is 16.3. The number of fused-ring (bicyclic) bond motifs is 1. The van der Waals surface area contributed by atoms with Crippen molar-refractivity contribution in [3.63, 3.8) is 0 Å². The highest BCUT2D eigenvalue weighted by molar-refractivity contribution is 6.22. The normalized spacial score (nSPS) is 20.1. The molecule has 1 saturated heterocycles. The van der Waals surface area contributed by atoms with E-state index in [-0.39, 0.29) is 30.6 Å². The molecule has 2 amide bonds. The number of para-hydroxylation sites is 2. The van der Waals surface area contributed by atoms with Gasteiger partial charge in [-0.2, -0.15) is 0 Å². The van der Waals surface area contributed by atoms with Gasteiger partial charge in [0.25, 0.3) is 0 Å². The van der Waals surface area contributed by atoms with Crippen LogP contribution in [0.4, 0.5) is 17.1 Å². The highest BCUT2D eigenvalue weighted by Crippen LogP contribution is 2.47. The quantitative estimate of drug-likeness (QED) is 0.0982. The fraction of sp³-hybridized carbons (Fsp3) is 0.250. The molecule has 4 aromatic rings. The monoisotopic (exact) mass is 644 g/mol. The molecular weight excluding hydrogens is 604 g/mol. The van der Waals surface area contributed by atoms with Gasteiger partial charge in [0.2, 0.25) is 11.8 Å². The molecule has 1 aliphatic carbocycles. The molecule has 6 rings (SSSR count). The van der Waals surface area contributed by atoms with Gasteiger partial charge in [-0.25, -0.2) is 0 Å². The van der Waals surface area contributed by atoms with Crippen LogP contribution in [0.1, 0.15) is 31.7 Å². The summed E-state index contributed by atoms with van der Waals surface area (Å²) >= 11 is 0. The first kappa shape index (κ1) is 32.7. The number of carbonyl (C=O) groups excluding carboxylic acids is 2. The van der Waals surface area contributed by atoms with E-state index in [1.165, 1.54) is 4.90 Å². The number of phenolic OH excluding ortho intramolecular Hbond substituents is 1. The standard InChI is InChI=1S/C40H40N2O6/c1-26(22-27-13-19-32(44)20-14-27)12-21-36(45)37-28(25-48-33-10-6-3-7-11-33)23-34-38(35(37)24-43)40(47)42(39(34)46)31-17-15-30(16-18-31)41-29-8-4-2-5-9-29/h2-11,13-20,22,34-36,38,41,43-45H,12,21,23-25H2,1H3/b26-22+/t34-,35+,36-,38-/m1/s1. The molecule has 1 heterocycles. The number of phenols is 1. The van der Waals surface area contributed by atoms with Crippen LogP contribution < -0.4 is 15.0 Å². The molecule has 0 radical (unpaired) electrons. The molecule has 1 fully saturated rings. The number of hydrogen-bond donors (Lipinski definition) is 4. The van der Waals surface area contributed by atoms with Gasteiger partial charge in [-0.3, -0.25) is 14.5 Å². The number of carbonyl (C=O) groups is 2. The molecular formula is C40H40N2O6. The lowest BCUT2D eigenvalue weighted by Crippen LogP contribution is -2.40. The van der Waals surface area contributed by atoms with Gasteiger partial charge in [0.05, 0.1) is 30.2 Å². The van der Waals surface area contributed by atoms with Crippen molar-refractivity contribution in [2.24, 2.45) is 17.8 Å². The first-order chi connectivity index (χ1) is 23.3. The predicted octanol–water partition coefficient (Wildman–Crippen LogP) is 6.87. The molecule has 48 heavy (non-hydrogen) atoms. The summed E-state index contributed by atoms with van der Waals surface area (Å²) < 4.78 is 6.12. The van der Waals surface area contributed by atoms with Crippen molar-refractivity contribution in [3.8, 4) is 11.5 Å². The van der Waals surface area contributed by atoms with Crippen molar-refractivity contribution in [2.45, 2.75) is 32.3 Å². The molecule has 0 saturated carbocycles. The van der Waals surface area contributed by atoms with Crippen molar-refractivity contribution in [1.82, 2.24) is 0 Å². The molecule has 0 aromatic heterocycles. The van der Waals surface area contributed by atoms with Gasteiger partial charge in [0.15, 0.2) is 0 Å². The Morgan fingerprint density at radius 2 is 1.54 bits per heavy atom. The summed E-state index contributed by atoms with van der Waals surface area (Å²) in [5, 5.41) is 35.4. The first-order valence-corrected chi connectivity index (χ1v) is 16.3. The minimum Gasteiger partial charge on any atom is -0.508 e. The molecule has 8 nitrogen and oxygen atoms in total. The Labute approximate surface area is 280 Å². The molecule has 2 aliphatic rings. The number of hydrogen-bond acceptors (Lipinski definition) is 7. The third-order valence-electron chi connectivity index (χ3n) is 9.20. The van der Waals surface area contributed by atoms with Crippen molar-refractivity contribution in [2.75, 3.05) is 23.4 Å².